The van der Waals surface area contributed by atoms with Crippen LogP contribution in [-0.2, 0) is 11.2 Å². The quantitative estimate of drug-likeness (QED) is 0.169. The van der Waals surface area contributed by atoms with Crippen molar-refractivity contribution >= 4 is 35.8 Å². The predicted molar refractivity (Wildman–Crippen MR) is 141 cm³/mol. The highest BCUT2D eigenvalue weighted by Gasteiger charge is 2.23. The molecule has 1 amide bonds. The Morgan fingerprint density at radius 1 is 1.06 bits per heavy atom. The molecule has 1 aliphatic heterocycles. The number of benzene rings is 1. The van der Waals surface area contributed by atoms with E-state index in [0.717, 1.165) is 50.5 Å². The van der Waals surface area contributed by atoms with Gasteiger partial charge in [-0.15, -0.1) is 24.0 Å². The van der Waals surface area contributed by atoms with Crippen molar-refractivity contribution in [2.24, 2.45) is 4.99 Å². The van der Waals surface area contributed by atoms with Gasteiger partial charge in [-0.25, -0.2) is 0 Å². The molecular formula is C24H40IN5O2. The minimum atomic E-state index is -0.0407. The Labute approximate surface area is 210 Å². The summed E-state index contributed by atoms with van der Waals surface area (Å²) >= 11 is 0. The van der Waals surface area contributed by atoms with Crippen molar-refractivity contribution in [3.8, 4) is 5.75 Å². The first-order chi connectivity index (χ1) is 15.2. The number of hydrogen-bond acceptors (Lipinski definition) is 4. The largest absolute Gasteiger partial charge is 0.484 e. The van der Waals surface area contributed by atoms with Crippen LogP contribution in [0.3, 0.4) is 0 Å². The molecule has 8 heteroatoms. The summed E-state index contributed by atoms with van der Waals surface area (Å²) in [6.45, 7) is 5.51. The molecule has 1 aromatic rings. The fourth-order valence-electron chi connectivity index (χ4n) is 3.81. The second-order valence-corrected chi connectivity index (χ2v) is 8.56. The van der Waals surface area contributed by atoms with E-state index in [-0.39, 0.29) is 36.5 Å². The van der Waals surface area contributed by atoms with Crippen molar-refractivity contribution in [1.29, 1.82) is 0 Å². The van der Waals surface area contributed by atoms with Crippen LogP contribution in [0.2, 0.25) is 0 Å². The Hall–Kier alpha value is -1.55. The second kappa shape index (κ2) is 15.3. The van der Waals surface area contributed by atoms with Gasteiger partial charge in [0.1, 0.15) is 5.75 Å². The Bertz CT molecular complexity index is 686. The van der Waals surface area contributed by atoms with Crippen LogP contribution in [0.4, 0.5) is 0 Å². The van der Waals surface area contributed by atoms with Gasteiger partial charge in [-0.3, -0.25) is 9.79 Å². The molecule has 0 spiro atoms. The summed E-state index contributed by atoms with van der Waals surface area (Å²) in [7, 11) is 1.82. The number of nitrogens with zero attached hydrogens (tertiary/aromatic N) is 2. The Kier molecular flexibility index (Phi) is 12.8. The first-order valence-electron chi connectivity index (χ1n) is 11.9. The van der Waals surface area contributed by atoms with Crippen LogP contribution >= 0.6 is 24.0 Å². The minimum Gasteiger partial charge on any atom is -0.484 e. The molecule has 0 atom stereocenters. The van der Waals surface area contributed by atoms with Crippen molar-refractivity contribution in [3.05, 3.63) is 29.8 Å². The highest BCUT2D eigenvalue weighted by atomic mass is 127. The number of aliphatic imine (C=N–C) groups is 1. The Balaban J connectivity index is 0.00000363. The number of likely N-dealkylation sites (tertiary alicyclic amines) is 1. The highest BCUT2D eigenvalue weighted by molar-refractivity contribution is 14.0. The normalized spacial score (nSPS) is 17.1. The maximum atomic E-state index is 11.7. The molecule has 32 heavy (non-hydrogen) atoms. The number of amides is 1. The molecule has 180 valence electrons. The second-order valence-electron chi connectivity index (χ2n) is 8.56. The summed E-state index contributed by atoms with van der Waals surface area (Å²) < 4.78 is 5.56. The summed E-state index contributed by atoms with van der Waals surface area (Å²) in [4.78, 5) is 18.6. The van der Waals surface area contributed by atoms with Crippen molar-refractivity contribution in [3.63, 3.8) is 0 Å². The summed E-state index contributed by atoms with van der Waals surface area (Å²) in [5.41, 5.74) is 1.22. The zero-order valence-corrected chi connectivity index (χ0v) is 21.7. The summed E-state index contributed by atoms with van der Waals surface area (Å²) in [6, 6.07) is 8.32. The third kappa shape index (κ3) is 10.8. The zero-order valence-electron chi connectivity index (χ0n) is 19.4. The minimum absolute atomic E-state index is 0. The molecule has 1 aliphatic carbocycles. The van der Waals surface area contributed by atoms with Gasteiger partial charge in [0.2, 0.25) is 0 Å². The standard InChI is InChI=1S/C24H39N5O2.HI/c1-25-24(26-14-6-18-29-16-4-2-3-5-17-29)27-15-13-20-7-11-22(12-8-20)31-19-23(30)28-21-9-10-21;/h7-8,11-12,21H,2-6,9-10,13-19H2,1H3,(H,28,30)(H2,25,26,27);1H. The maximum Gasteiger partial charge on any atom is 0.258 e. The fraction of sp³-hybridized carbons (Fsp3) is 0.667. The molecule has 3 rings (SSSR count). The molecule has 0 aromatic heterocycles. The molecule has 0 radical (unpaired) electrons. The molecule has 1 aromatic carbocycles. The van der Waals surface area contributed by atoms with Crippen molar-refractivity contribution in [2.75, 3.05) is 46.4 Å². The van der Waals surface area contributed by atoms with Crippen LogP contribution in [0.25, 0.3) is 0 Å². The van der Waals surface area contributed by atoms with Crippen LogP contribution in [0.5, 0.6) is 5.75 Å². The fourth-order valence-corrected chi connectivity index (χ4v) is 3.81. The van der Waals surface area contributed by atoms with E-state index in [1.54, 1.807) is 0 Å². The highest BCUT2D eigenvalue weighted by Crippen LogP contribution is 2.18. The van der Waals surface area contributed by atoms with Gasteiger partial charge in [0.25, 0.3) is 5.91 Å². The number of guanidine groups is 1. The summed E-state index contributed by atoms with van der Waals surface area (Å²) in [5.74, 6) is 1.54. The van der Waals surface area contributed by atoms with Gasteiger partial charge in [-0.05, 0) is 75.9 Å². The number of ether oxygens (including phenoxy) is 1. The number of carbonyl (C=O) groups excluding carboxylic acids is 1. The maximum absolute atomic E-state index is 11.7. The first kappa shape index (κ1) is 26.7. The number of hydrogen-bond donors (Lipinski definition) is 3. The molecule has 0 bridgehead atoms. The van der Waals surface area contributed by atoms with E-state index in [1.807, 2.05) is 31.3 Å². The third-order valence-electron chi connectivity index (χ3n) is 5.81. The Morgan fingerprint density at radius 2 is 1.75 bits per heavy atom. The van der Waals surface area contributed by atoms with E-state index >= 15 is 0 Å². The number of halogens is 1. The molecule has 2 fully saturated rings. The third-order valence-corrected chi connectivity index (χ3v) is 5.81. The average molecular weight is 558 g/mol. The smallest absolute Gasteiger partial charge is 0.258 e. The molecule has 1 saturated heterocycles. The van der Waals surface area contributed by atoms with Crippen molar-refractivity contribution in [2.45, 2.75) is 57.4 Å². The molecule has 0 unspecified atom stereocenters. The molecule has 1 heterocycles. The van der Waals surface area contributed by atoms with Crippen LogP contribution < -0.4 is 20.7 Å². The molecule has 7 nitrogen and oxygen atoms in total. The lowest BCUT2D eigenvalue weighted by atomic mass is 10.1. The number of nitrogens with one attached hydrogen (secondary N) is 3. The number of rotatable bonds is 11. The van der Waals surface area contributed by atoms with E-state index in [0.29, 0.717) is 6.04 Å². The van der Waals surface area contributed by atoms with Gasteiger partial charge in [-0.1, -0.05) is 25.0 Å². The van der Waals surface area contributed by atoms with Crippen molar-refractivity contribution in [1.82, 2.24) is 20.9 Å². The lowest BCUT2D eigenvalue weighted by Crippen LogP contribution is -2.39. The topological polar surface area (TPSA) is 78.0 Å². The predicted octanol–water partition coefficient (Wildman–Crippen LogP) is 2.94. The average Bonchev–Trinajstić information content (AvgIpc) is 3.62. The van der Waals surface area contributed by atoms with Gasteiger partial charge in [0.15, 0.2) is 12.6 Å². The Morgan fingerprint density at radius 3 is 2.41 bits per heavy atom. The SMILES string of the molecule is CN=C(NCCCN1CCCCCC1)NCCc1ccc(OCC(=O)NC2CC2)cc1.I. The monoisotopic (exact) mass is 557 g/mol. The van der Waals surface area contributed by atoms with Crippen LogP contribution in [0, 0.1) is 0 Å². The lowest BCUT2D eigenvalue weighted by Gasteiger charge is -2.20. The van der Waals surface area contributed by atoms with E-state index in [1.165, 1.54) is 50.9 Å². The zero-order chi connectivity index (χ0) is 21.7. The van der Waals surface area contributed by atoms with Crippen LogP contribution in [0.1, 0.15) is 50.5 Å². The van der Waals surface area contributed by atoms with Gasteiger partial charge in [0.05, 0.1) is 0 Å². The lowest BCUT2D eigenvalue weighted by molar-refractivity contribution is -0.123. The molecular weight excluding hydrogens is 517 g/mol. The molecule has 3 N–H and O–H groups in total. The van der Waals surface area contributed by atoms with Gasteiger partial charge in [0, 0.05) is 26.2 Å². The molecule has 2 aliphatic rings. The van der Waals surface area contributed by atoms with Gasteiger partial charge < -0.3 is 25.6 Å². The van der Waals surface area contributed by atoms with E-state index < -0.39 is 0 Å². The summed E-state index contributed by atoms with van der Waals surface area (Å²) in [5, 5.41) is 9.73. The summed E-state index contributed by atoms with van der Waals surface area (Å²) in [6.07, 6.45) is 9.69. The van der Waals surface area contributed by atoms with E-state index in [2.05, 4.69) is 25.8 Å². The van der Waals surface area contributed by atoms with E-state index in [4.69, 9.17) is 4.74 Å². The van der Waals surface area contributed by atoms with Crippen LogP contribution in [-0.4, -0.2) is 69.2 Å². The van der Waals surface area contributed by atoms with Gasteiger partial charge in [-0.2, -0.15) is 0 Å². The molecule has 1 saturated carbocycles. The number of carbonyl (C=O) groups is 1. The van der Waals surface area contributed by atoms with Crippen LogP contribution in [0.15, 0.2) is 29.3 Å². The first-order valence-corrected chi connectivity index (χ1v) is 11.9. The van der Waals surface area contributed by atoms with E-state index in [9.17, 15) is 4.79 Å². The van der Waals surface area contributed by atoms with Gasteiger partial charge >= 0.3 is 0 Å². The van der Waals surface area contributed by atoms with Crippen molar-refractivity contribution < 1.29 is 9.53 Å².